The van der Waals surface area contributed by atoms with E-state index in [0.29, 0.717) is 17.2 Å². The fraction of sp³-hybridized carbons (Fsp3) is 0.136. The van der Waals surface area contributed by atoms with Crippen LogP contribution in [0.5, 0.6) is 0 Å². The smallest absolute Gasteiger partial charge is 0.261 e. The lowest BCUT2D eigenvalue weighted by Gasteiger charge is -2.11. The van der Waals surface area contributed by atoms with E-state index in [-0.39, 0.29) is 10.8 Å². The van der Waals surface area contributed by atoms with Crippen LogP contribution in [0.25, 0.3) is 0 Å². The molecule has 0 radical (unpaired) electrons. The van der Waals surface area contributed by atoms with Gasteiger partial charge in [-0.25, -0.2) is 8.42 Å². The molecule has 28 heavy (non-hydrogen) atoms. The minimum atomic E-state index is -3.66. The van der Waals surface area contributed by atoms with Gasteiger partial charge in [-0.2, -0.15) is 0 Å². The summed E-state index contributed by atoms with van der Waals surface area (Å²) >= 11 is 0. The van der Waals surface area contributed by atoms with Gasteiger partial charge < -0.3 is 5.32 Å². The van der Waals surface area contributed by atoms with Crippen molar-refractivity contribution in [1.29, 1.82) is 0 Å². The lowest BCUT2D eigenvalue weighted by Crippen LogP contribution is -2.14. The summed E-state index contributed by atoms with van der Waals surface area (Å²) in [6, 6.07) is 22.2. The topological polar surface area (TPSA) is 75.3 Å². The molecule has 0 bridgehead atoms. The Hall–Kier alpha value is -3.12. The van der Waals surface area contributed by atoms with Crippen LogP contribution < -0.4 is 10.0 Å². The summed E-state index contributed by atoms with van der Waals surface area (Å²) in [5.41, 5.74) is 2.70. The first kappa shape index (κ1) is 19.6. The highest BCUT2D eigenvalue weighted by atomic mass is 32.2. The number of sulfonamides is 1. The van der Waals surface area contributed by atoms with Gasteiger partial charge in [-0.3, -0.25) is 9.52 Å². The van der Waals surface area contributed by atoms with Crippen LogP contribution in [-0.4, -0.2) is 14.3 Å². The van der Waals surface area contributed by atoms with E-state index in [4.69, 9.17) is 0 Å². The molecule has 144 valence electrons. The fourth-order valence-corrected chi connectivity index (χ4v) is 3.76. The van der Waals surface area contributed by atoms with Crippen molar-refractivity contribution in [3.8, 4) is 0 Å². The summed E-state index contributed by atoms with van der Waals surface area (Å²) in [4.78, 5) is 12.6. The summed E-state index contributed by atoms with van der Waals surface area (Å²) < 4.78 is 27.2. The second kappa shape index (κ2) is 8.27. The van der Waals surface area contributed by atoms with Crippen LogP contribution in [0.4, 0.5) is 11.4 Å². The third-order valence-electron chi connectivity index (χ3n) is 4.26. The Kier molecular flexibility index (Phi) is 5.80. The van der Waals surface area contributed by atoms with Gasteiger partial charge in [-0.1, -0.05) is 44.2 Å². The summed E-state index contributed by atoms with van der Waals surface area (Å²) in [6.45, 7) is 4.19. The number of amides is 1. The zero-order valence-corrected chi connectivity index (χ0v) is 16.5. The van der Waals surface area contributed by atoms with Crippen molar-refractivity contribution >= 4 is 27.3 Å². The van der Waals surface area contributed by atoms with Crippen molar-refractivity contribution in [1.82, 2.24) is 0 Å². The molecule has 0 aliphatic carbocycles. The highest BCUT2D eigenvalue weighted by Gasteiger charge is 2.14. The lowest BCUT2D eigenvalue weighted by atomic mass is 10.0. The van der Waals surface area contributed by atoms with Crippen LogP contribution in [0.3, 0.4) is 0 Å². The van der Waals surface area contributed by atoms with E-state index in [1.165, 1.54) is 12.1 Å². The predicted molar refractivity (Wildman–Crippen MR) is 112 cm³/mol. The molecule has 6 heteroatoms. The highest BCUT2D eigenvalue weighted by molar-refractivity contribution is 7.92. The van der Waals surface area contributed by atoms with Crippen LogP contribution in [0, 0.1) is 0 Å². The third kappa shape index (κ3) is 4.78. The third-order valence-corrected chi connectivity index (χ3v) is 5.66. The van der Waals surface area contributed by atoms with Gasteiger partial charge in [0, 0.05) is 16.9 Å². The second-order valence-electron chi connectivity index (χ2n) is 6.73. The summed E-state index contributed by atoms with van der Waals surface area (Å²) in [5.74, 6) is 0.118. The van der Waals surface area contributed by atoms with Gasteiger partial charge in [0.05, 0.1) is 4.90 Å². The summed E-state index contributed by atoms with van der Waals surface area (Å²) in [7, 11) is -3.66. The Morgan fingerprint density at radius 3 is 2.14 bits per heavy atom. The molecule has 0 fully saturated rings. The molecule has 3 aromatic rings. The monoisotopic (exact) mass is 394 g/mol. The molecular weight excluding hydrogens is 372 g/mol. The molecule has 0 saturated carbocycles. The second-order valence-corrected chi connectivity index (χ2v) is 8.41. The molecule has 0 aliphatic rings. The lowest BCUT2D eigenvalue weighted by molar-refractivity contribution is 0.102. The summed E-state index contributed by atoms with van der Waals surface area (Å²) in [5, 5.41) is 2.87. The molecule has 0 aromatic heterocycles. The largest absolute Gasteiger partial charge is 0.322 e. The molecule has 5 nitrogen and oxygen atoms in total. The first-order chi connectivity index (χ1) is 13.3. The molecule has 0 unspecified atom stereocenters. The number of rotatable bonds is 6. The normalized spacial score (nSPS) is 11.2. The summed E-state index contributed by atoms with van der Waals surface area (Å²) in [6.07, 6.45) is 0. The standard InChI is InChI=1S/C22H22N2O3S/c1-16(2)18-7-6-8-20(15-18)23-22(25)17-11-13-19(14-12-17)24-28(26,27)21-9-4-3-5-10-21/h3-16,24H,1-2H3,(H,23,25). The zero-order chi connectivity index (χ0) is 20.1. The van der Waals surface area contributed by atoms with Crippen LogP contribution >= 0.6 is 0 Å². The number of benzene rings is 3. The molecular formula is C22H22N2O3S. The fourth-order valence-electron chi connectivity index (χ4n) is 2.68. The number of hydrogen-bond acceptors (Lipinski definition) is 3. The van der Waals surface area contributed by atoms with Gasteiger partial charge in [0.2, 0.25) is 0 Å². The minimum Gasteiger partial charge on any atom is -0.322 e. The molecule has 3 aromatic carbocycles. The Labute approximate surface area is 165 Å². The average Bonchev–Trinajstić information content (AvgIpc) is 2.69. The van der Waals surface area contributed by atoms with Gasteiger partial charge in [0.25, 0.3) is 15.9 Å². The van der Waals surface area contributed by atoms with Crippen LogP contribution in [0.1, 0.15) is 35.7 Å². The van der Waals surface area contributed by atoms with Gasteiger partial charge in [0.15, 0.2) is 0 Å². The van der Waals surface area contributed by atoms with E-state index in [2.05, 4.69) is 23.9 Å². The zero-order valence-electron chi connectivity index (χ0n) is 15.7. The minimum absolute atomic E-state index is 0.182. The van der Waals surface area contributed by atoms with Crippen LogP contribution in [-0.2, 0) is 10.0 Å². The van der Waals surface area contributed by atoms with Crippen molar-refractivity contribution in [2.75, 3.05) is 10.0 Å². The molecule has 1 amide bonds. The Balaban J connectivity index is 1.70. The maximum atomic E-state index is 12.5. The van der Waals surface area contributed by atoms with Crippen molar-refractivity contribution in [3.63, 3.8) is 0 Å². The number of carbonyl (C=O) groups excluding carboxylic acids is 1. The van der Waals surface area contributed by atoms with Gasteiger partial charge in [-0.05, 0) is 60.0 Å². The Morgan fingerprint density at radius 2 is 1.50 bits per heavy atom. The number of carbonyl (C=O) groups is 1. The van der Waals surface area contributed by atoms with Crippen LogP contribution in [0.2, 0.25) is 0 Å². The molecule has 3 rings (SSSR count). The van der Waals surface area contributed by atoms with E-state index < -0.39 is 10.0 Å². The SMILES string of the molecule is CC(C)c1cccc(NC(=O)c2ccc(NS(=O)(=O)c3ccccc3)cc2)c1. The predicted octanol–water partition coefficient (Wildman–Crippen LogP) is 4.86. The first-order valence-electron chi connectivity index (χ1n) is 8.94. The van der Waals surface area contributed by atoms with Crippen molar-refractivity contribution in [3.05, 3.63) is 90.0 Å². The molecule has 0 saturated heterocycles. The maximum absolute atomic E-state index is 12.5. The van der Waals surface area contributed by atoms with E-state index in [9.17, 15) is 13.2 Å². The van der Waals surface area contributed by atoms with Gasteiger partial charge >= 0.3 is 0 Å². The van der Waals surface area contributed by atoms with Crippen molar-refractivity contribution < 1.29 is 13.2 Å². The molecule has 0 atom stereocenters. The quantitative estimate of drug-likeness (QED) is 0.627. The molecule has 0 aliphatic heterocycles. The van der Waals surface area contributed by atoms with E-state index in [1.807, 2.05) is 24.3 Å². The highest BCUT2D eigenvalue weighted by Crippen LogP contribution is 2.20. The Bertz CT molecular complexity index is 1060. The van der Waals surface area contributed by atoms with Crippen molar-refractivity contribution in [2.24, 2.45) is 0 Å². The Morgan fingerprint density at radius 1 is 0.821 bits per heavy atom. The molecule has 2 N–H and O–H groups in total. The van der Waals surface area contributed by atoms with Gasteiger partial charge in [-0.15, -0.1) is 0 Å². The van der Waals surface area contributed by atoms with Crippen molar-refractivity contribution in [2.45, 2.75) is 24.7 Å². The number of anilines is 2. The van der Waals surface area contributed by atoms with E-state index in [0.717, 1.165) is 11.3 Å². The van der Waals surface area contributed by atoms with E-state index in [1.54, 1.807) is 42.5 Å². The van der Waals surface area contributed by atoms with E-state index >= 15 is 0 Å². The molecule has 0 heterocycles. The average molecular weight is 394 g/mol. The molecule has 0 spiro atoms. The first-order valence-corrected chi connectivity index (χ1v) is 10.4. The van der Waals surface area contributed by atoms with Crippen LogP contribution in [0.15, 0.2) is 83.8 Å². The number of nitrogens with one attached hydrogen (secondary N) is 2. The maximum Gasteiger partial charge on any atom is 0.261 e. The van der Waals surface area contributed by atoms with Gasteiger partial charge in [0.1, 0.15) is 0 Å². The number of hydrogen-bond donors (Lipinski definition) is 2.